The Balaban J connectivity index is 1.49. The first kappa shape index (κ1) is 19.1. The van der Waals surface area contributed by atoms with E-state index in [0.29, 0.717) is 15.9 Å². The Kier molecular flexibility index (Phi) is 5.83. The number of amides is 1. The number of carbonyl (C=O) groups is 1. The quantitative estimate of drug-likeness (QED) is 0.702. The Hall–Kier alpha value is -1.65. The number of sulfone groups is 1. The zero-order valence-corrected chi connectivity index (χ0v) is 16.9. The van der Waals surface area contributed by atoms with Crippen LogP contribution in [0, 0.1) is 13.8 Å². The number of benzene rings is 1. The molecular formula is C16H20N4O3S3. The van der Waals surface area contributed by atoms with E-state index >= 15 is 0 Å². The van der Waals surface area contributed by atoms with E-state index in [4.69, 9.17) is 0 Å². The van der Waals surface area contributed by atoms with Crippen molar-refractivity contribution in [3.8, 4) is 0 Å². The van der Waals surface area contributed by atoms with E-state index < -0.39 is 9.84 Å². The second-order valence-corrected chi connectivity index (χ2v) is 10.7. The fourth-order valence-corrected chi connectivity index (χ4v) is 5.82. The first-order chi connectivity index (χ1) is 12.3. The van der Waals surface area contributed by atoms with E-state index in [1.54, 1.807) is 0 Å². The number of anilines is 2. The first-order valence-electron chi connectivity index (χ1n) is 8.11. The number of carbonyl (C=O) groups excluding carboxylic acids is 1. The van der Waals surface area contributed by atoms with Crippen molar-refractivity contribution in [2.45, 2.75) is 30.6 Å². The van der Waals surface area contributed by atoms with Gasteiger partial charge in [0.05, 0.1) is 17.3 Å². The van der Waals surface area contributed by atoms with Crippen molar-refractivity contribution in [2.75, 3.05) is 22.6 Å². The van der Waals surface area contributed by atoms with Gasteiger partial charge in [-0.3, -0.25) is 4.79 Å². The maximum atomic E-state index is 12.0. The largest absolute Gasteiger partial charge is 0.352 e. The molecule has 1 amide bonds. The van der Waals surface area contributed by atoms with Crippen LogP contribution in [0.1, 0.15) is 17.5 Å². The van der Waals surface area contributed by atoms with Crippen molar-refractivity contribution in [3.05, 3.63) is 29.3 Å². The minimum Gasteiger partial charge on any atom is -0.352 e. The second kappa shape index (κ2) is 7.93. The number of aromatic nitrogens is 2. The van der Waals surface area contributed by atoms with Crippen LogP contribution in [0.4, 0.5) is 10.8 Å². The van der Waals surface area contributed by atoms with Gasteiger partial charge in [-0.1, -0.05) is 29.2 Å². The van der Waals surface area contributed by atoms with Gasteiger partial charge in [-0.15, -0.1) is 10.2 Å². The average Bonchev–Trinajstić information content (AvgIpc) is 3.15. The summed E-state index contributed by atoms with van der Waals surface area (Å²) in [7, 11) is -2.99. The maximum Gasteiger partial charge on any atom is 0.230 e. The van der Waals surface area contributed by atoms with Crippen molar-refractivity contribution in [1.82, 2.24) is 15.5 Å². The van der Waals surface area contributed by atoms with Crippen LogP contribution in [0.3, 0.4) is 0 Å². The summed E-state index contributed by atoms with van der Waals surface area (Å²) in [6.07, 6.45) is 0.488. The van der Waals surface area contributed by atoms with Crippen molar-refractivity contribution in [3.63, 3.8) is 0 Å². The Bertz CT molecular complexity index is 911. The summed E-state index contributed by atoms with van der Waals surface area (Å²) in [6, 6.07) is 5.80. The Morgan fingerprint density at radius 2 is 2.12 bits per heavy atom. The lowest BCUT2D eigenvalue weighted by molar-refractivity contribution is -0.119. The van der Waals surface area contributed by atoms with Crippen molar-refractivity contribution >= 4 is 49.7 Å². The highest BCUT2D eigenvalue weighted by atomic mass is 32.2. The van der Waals surface area contributed by atoms with Crippen LogP contribution >= 0.6 is 23.1 Å². The molecule has 0 aliphatic carbocycles. The number of rotatable bonds is 6. The van der Waals surface area contributed by atoms with E-state index in [0.717, 1.165) is 5.69 Å². The predicted molar refractivity (Wildman–Crippen MR) is 105 cm³/mol. The lowest BCUT2D eigenvalue weighted by Crippen LogP contribution is -2.36. The molecule has 0 bridgehead atoms. The molecule has 10 heteroatoms. The highest BCUT2D eigenvalue weighted by Gasteiger charge is 2.28. The van der Waals surface area contributed by atoms with Crippen LogP contribution in [-0.2, 0) is 14.6 Å². The van der Waals surface area contributed by atoms with Crippen LogP contribution in [0.25, 0.3) is 0 Å². The number of nitrogens with one attached hydrogen (secondary N) is 2. The van der Waals surface area contributed by atoms with Crippen LogP contribution in [-0.4, -0.2) is 47.8 Å². The predicted octanol–water partition coefficient (Wildman–Crippen LogP) is 2.29. The molecule has 1 aromatic heterocycles. The summed E-state index contributed by atoms with van der Waals surface area (Å²) in [5.74, 6) is 0.187. The molecule has 1 saturated heterocycles. The van der Waals surface area contributed by atoms with Gasteiger partial charge < -0.3 is 10.6 Å². The normalized spacial score (nSPS) is 18.6. The molecule has 0 radical (unpaired) electrons. The van der Waals surface area contributed by atoms with Crippen molar-refractivity contribution in [2.24, 2.45) is 0 Å². The van der Waals surface area contributed by atoms with E-state index in [2.05, 4.69) is 34.7 Å². The van der Waals surface area contributed by atoms with Gasteiger partial charge in [0, 0.05) is 11.7 Å². The monoisotopic (exact) mass is 412 g/mol. The van der Waals surface area contributed by atoms with Gasteiger partial charge in [0.1, 0.15) is 0 Å². The minimum atomic E-state index is -2.99. The third-order valence-corrected chi connectivity index (χ3v) is 7.83. The minimum absolute atomic E-state index is 0.0340. The molecule has 3 rings (SSSR count). The fourth-order valence-electron chi connectivity index (χ4n) is 2.57. The van der Waals surface area contributed by atoms with Gasteiger partial charge in [0.15, 0.2) is 14.2 Å². The van der Waals surface area contributed by atoms with Gasteiger partial charge in [0.25, 0.3) is 0 Å². The Labute approximate surface area is 160 Å². The highest BCUT2D eigenvalue weighted by Crippen LogP contribution is 2.28. The van der Waals surface area contributed by atoms with E-state index in [1.165, 1.54) is 34.2 Å². The first-order valence-corrected chi connectivity index (χ1v) is 11.7. The highest BCUT2D eigenvalue weighted by molar-refractivity contribution is 8.01. The Morgan fingerprint density at radius 3 is 2.81 bits per heavy atom. The molecule has 140 valence electrons. The summed E-state index contributed by atoms with van der Waals surface area (Å²) < 4.78 is 23.5. The third-order valence-electron chi connectivity index (χ3n) is 4.09. The molecule has 2 N–H and O–H groups in total. The van der Waals surface area contributed by atoms with Crippen LogP contribution in [0.15, 0.2) is 22.5 Å². The molecule has 2 aromatic rings. The molecule has 1 aromatic carbocycles. The standard InChI is InChI=1S/C16H20N4O3S3/c1-10-3-4-12(7-11(10)2)18-15-19-20-16(25-15)24-8-14(21)17-13-5-6-26(22,23)9-13/h3-4,7,13H,5-6,8-9H2,1-2H3,(H,17,21)(H,18,19)/t13-/m1/s1. The maximum absolute atomic E-state index is 12.0. The van der Waals surface area contributed by atoms with Crippen LogP contribution in [0.5, 0.6) is 0 Å². The van der Waals surface area contributed by atoms with Gasteiger partial charge in [-0.2, -0.15) is 0 Å². The molecule has 0 spiro atoms. The van der Waals surface area contributed by atoms with Gasteiger partial charge in [-0.05, 0) is 43.5 Å². The van der Waals surface area contributed by atoms with Gasteiger partial charge in [0.2, 0.25) is 11.0 Å². The lowest BCUT2D eigenvalue weighted by Gasteiger charge is -2.09. The van der Waals surface area contributed by atoms with Crippen molar-refractivity contribution in [1.29, 1.82) is 0 Å². The smallest absolute Gasteiger partial charge is 0.230 e. The van der Waals surface area contributed by atoms with Gasteiger partial charge in [-0.25, -0.2) is 8.42 Å². The molecule has 0 unspecified atom stereocenters. The lowest BCUT2D eigenvalue weighted by atomic mass is 10.1. The third kappa shape index (κ3) is 5.18. The summed E-state index contributed by atoms with van der Waals surface area (Å²) >= 11 is 2.67. The molecule has 7 nitrogen and oxygen atoms in total. The molecule has 26 heavy (non-hydrogen) atoms. The molecule has 1 aliphatic rings. The van der Waals surface area contributed by atoms with Crippen LogP contribution < -0.4 is 10.6 Å². The SMILES string of the molecule is Cc1ccc(Nc2nnc(SCC(=O)N[C@@H]3CCS(=O)(=O)C3)s2)cc1C. The van der Waals surface area contributed by atoms with Crippen molar-refractivity contribution < 1.29 is 13.2 Å². The summed E-state index contributed by atoms with van der Waals surface area (Å²) in [6.45, 7) is 4.11. The second-order valence-electron chi connectivity index (χ2n) is 6.25. The number of hydrogen-bond donors (Lipinski definition) is 2. The number of thioether (sulfide) groups is 1. The van der Waals surface area contributed by atoms with E-state index in [1.807, 2.05) is 18.2 Å². The molecule has 1 atom stereocenters. The molecular weight excluding hydrogens is 392 g/mol. The topological polar surface area (TPSA) is 101 Å². The molecule has 2 heterocycles. The summed E-state index contributed by atoms with van der Waals surface area (Å²) in [5, 5.41) is 14.8. The summed E-state index contributed by atoms with van der Waals surface area (Å²) in [5.41, 5.74) is 3.37. The van der Waals surface area contributed by atoms with Crippen LogP contribution in [0.2, 0.25) is 0 Å². The summed E-state index contributed by atoms with van der Waals surface area (Å²) in [4.78, 5) is 12.0. The van der Waals surface area contributed by atoms with E-state index in [-0.39, 0.29) is 29.2 Å². The number of hydrogen-bond acceptors (Lipinski definition) is 8. The molecule has 0 saturated carbocycles. The van der Waals surface area contributed by atoms with E-state index in [9.17, 15) is 13.2 Å². The zero-order valence-electron chi connectivity index (χ0n) is 14.5. The van der Waals surface area contributed by atoms with Gasteiger partial charge >= 0.3 is 0 Å². The number of nitrogens with zero attached hydrogens (tertiary/aromatic N) is 2. The number of aryl methyl sites for hydroxylation is 2. The fraction of sp³-hybridized carbons (Fsp3) is 0.438. The molecule has 1 aliphatic heterocycles. The average molecular weight is 413 g/mol. The molecule has 1 fully saturated rings. The zero-order chi connectivity index (χ0) is 18.7. The Morgan fingerprint density at radius 1 is 1.31 bits per heavy atom.